The smallest absolute Gasteiger partial charge is 0.270 e. The summed E-state index contributed by atoms with van der Waals surface area (Å²) in [4.78, 5) is 42.7. The Morgan fingerprint density at radius 2 is 2.03 bits per heavy atom. The van der Waals surface area contributed by atoms with E-state index in [0.29, 0.717) is 17.8 Å². The van der Waals surface area contributed by atoms with Crippen molar-refractivity contribution >= 4 is 33.3 Å². The number of anilines is 1. The third-order valence-corrected chi connectivity index (χ3v) is 6.64. The quantitative estimate of drug-likeness (QED) is 0.491. The Bertz CT molecular complexity index is 1170. The minimum absolute atomic E-state index is 0.0944. The van der Waals surface area contributed by atoms with Crippen LogP contribution in [-0.2, 0) is 13.0 Å². The topological polar surface area (TPSA) is 114 Å². The van der Waals surface area contributed by atoms with E-state index in [1.54, 1.807) is 17.4 Å². The van der Waals surface area contributed by atoms with Crippen LogP contribution in [-0.4, -0.2) is 70.2 Å². The van der Waals surface area contributed by atoms with E-state index in [2.05, 4.69) is 30.1 Å². The lowest BCUT2D eigenvalue weighted by molar-refractivity contribution is 0.0939. The average molecular weight is 457 g/mol. The summed E-state index contributed by atoms with van der Waals surface area (Å²) in [6, 6.07) is 5.72. The number of H-pyrrole nitrogens is 1. The minimum atomic E-state index is -0.274. The molecule has 0 atom stereocenters. The molecule has 3 aromatic rings. The van der Waals surface area contributed by atoms with Crippen LogP contribution in [0.3, 0.4) is 0 Å². The number of aromatic amines is 1. The van der Waals surface area contributed by atoms with Crippen molar-refractivity contribution in [3.05, 3.63) is 50.5 Å². The van der Waals surface area contributed by atoms with Crippen molar-refractivity contribution in [3.63, 3.8) is 0 Å². The second-order valence-electron chi connectivity index (χ2n) is 7.84. The van der Waals surface area contributed by atoms with Gasteiger partial charge in [0.1, 0.15) is 16.2 Å². The molecule has 0 aliphatic carbocycles. The highest BCUT2D eigenvalue weighted by Gasteiger charge is 2.21. The number of aliphatic hydroxyl groups is 1. The molecule has 0 spiro atoms. The van der Waals surface area contributed by atoms with Crippen LogP contribution in [0.25, 0.3) is 10.3 Å². The van der Waals surface area contributed by atoms with Crippen LogP contribution in [0.5, 0.6) is 0 Å². The van der Waals surface area contributed by atoms with Crippen molar-refractivity contribution < 1.29 is 9.90 Å². The molecule has 3 aromatic heterocycles. The van der Waals surface area contributed by atoms with Crippen molar-refractivity contribution in [2.24, 2.45) is 0 Å². The summed E-state index contributed by atoms with van der Waals surface area (Å²) in [6.07, 6.45) is 0.628. The number of hydrogen-bond acceptors (Lipinski definition) is 8. The fourth-order valence-corrected chi connectivity index (χ4v) is 4.98. The van der Waals surface area contributed by atoms with Gasteiger partial charge >= 0.3 is 0 Å². The Labute approximate surface area is 190 Å². The van der Waals surface area contributed by atoms with Crippen LogP contribution >= 0.6 is 11.3 Å². The molecule has 1 aliphatic rings. The van der Waals surface area contributed by atoms with Crippen molar-refractivity contribution in [1.82, 2.24) is 25.2 Å². The first-order chi connectivity index (χ1) is 15.5. The fourth-order valence-electron chi connectivity index (χ4n) is 3.93. The number of nitrogens with zero attached hydrogens (tertiary/aromatic N) is 4. The van der Waals surface area contributed by atoms with Gasteiger partial charge in [0, 0.05) is 44.1 Å². The third kappa shape index (κ3) is 4.82. The van der Waals surface area contributed by atoms with Gasteiger partial charge in [-0.1, -0.05) is 6.92 Å². The Hall–Kier alpha value is -2.82. The fraction of sp³-hybridized carbons (Fsp3) is 0.455. The van der Waals surface area contributed by atoms with Gasteiger partial charge in [0.05, 0.1) is 23.5 Å². The first-order valence-corrected chi connectivity index (χ1v) is 11.7. The Morgan fingerprint density at radius 1 is 1.25 bits per heavy atom. The zero-order valence-electron chi connectivity index (χ0n) is 18.3. The molecular formula is C22H28N6O3S. The third-order valence-electron chi connectivity index (χ3n) is 5.63. The summed E-state index contributed by atoms with van der Waals surface area (Å²) >= 11 is 1.64. The molecule has 1 saturated heterocycles. The molecule has 1 fully saturated rings. The maximum absolute atomic E-state index is 12.1. The first-order valence-electron chi connectivity index (χ1n) is 10.8. The maximum atomic E-state index is 12.1. The van der Waals surface area contributed by atoms with E-state index in [-0.39, 0.29) is 24.6 Å². The number of aliphatic hydroxyl groups excluding tert-OH is 1. The predicted molar refractivity (Wildman–Crippen MR) is 126 cm³/mol. The van der Waals surface area contributed by atoms with Gasteiger partial charge in [0.15, 0.2) is 0 Å². The number of thiophene rings is 1. The molecule has 0 saturated carbocycles. The zero-order chi connectivity index (χ0) is 22.7. The molecule has 4 rings (SSSR count). The molecular weight excluding hydrogens is 428 g/mol. The minimum Gasteiger partial charge on any atom is -0.395 e. The van der Waals surface area contributed by atoms with E-state index >= 15 is 0 Å². The monoisotopic (exact) mass is 456 g/mol. The van der Waals surface area contributed by atoms with Crippen LogP contribution in [0.15, 0.2) is 23.0 Å². The number of piperazine rings is 1. The van der Waals surface area contributed by atoms with Crippen LogP contribution < -0.4 is 15.8 Å². The SMILES string of the molecule is CCc1nc2sc(CN3CCN(c4ccc(C(=O)NCCO)nc4C)CC3)cc2[nH]c1=O. The lowest BCUT2D eigenvalue weighted by atomic mass is 10.2. The summed E-state index contributed by atoms with van der Waals surface area (Å²) in [5.74, 6) is -0.274. The molecule has 0 radical (unpaired) electrons. The number of pyridine rings is 1. The molecule has 170 valence electrons. The number of carbonyl (C=O) groups is 1. The van der Waals surface area contributed by atoms with Crippen molar-refractivity contribution in [1.29, 1.82) is 0 Å². The summed E-state index contributed by atoms with van der Waals surface area (Å²) in [5.41, 5.74) is 3.52. The van der Waals surface area contributed by atoms with E-state index < -0.39 is 0 Å². The van der Waals surface area contributed by atoms with Gasteiger partial charge in [-0.25, -0.2) is 9.97 Å². The van der Waals surface area contributed by atoms with Crippen LogP contribution in [0.1, 0.15) is 33.7 Å². The number of amides is 1. The van der Waals surface area contributed by atoms with Crippen LogP contribution in [0.4, 0.5) is 5.69 Å². The van der Waals surface area contributed by atoms with Gasteiger partial charge < -0.3 is 20.3 Å². The highest BCUT2D eigenvalue weighted by Crippen LogP contribution is 2.25. The van der Waals surface area contributed by atoms with Crippen LogP contribution in [0, 0.1) is 6.92 Å². The summed E-state index contributed by atoms with van der Waals surface area (Å²) < 4.78 is 0. The molecule has 32 heavy (non-hydrogen) atoms. The van der Waals surface area contributed by atoms with Gasteiger partial charge in [-0.2, -0.15) is 0 Å². The normalized spacial score (nSPS) is 14.8. The molecule has 9 nitrogen and oxygen atoms in total. The van der Waals surface area contributed by atoms with E-state index in [0.717, 1.165) is 54.5 Å². The lowest BCUT2D eigenvalue weighted by Gasteiger charge is -2.36. The Morgan fingerprint density at radius 3 is 2.72 bits per heavy atom. The van der Waals surface area contributed by atoms with Crippen molar-refractivity contribution in [2.45, 2.75) is 26.8 Å². The molecule has 4 heterocycles. The molecule has 10 heteroatoms. The van der Waals surface area contributed by atoms with Gasteiger partial charge in [-0.05, 0) is 31.5 Å². The summed E-state index contributed by atoms with van der Waals surface area (Å²) in [5, 5.41) is 11.5. The molecule has 0 aromatic carbocycles. The number of rotatable bonds is 7. The lowest BCUT2D eigenvalue weighted by Crippen LogP contribution is -2.46. The molecule has 1 aliphatic heterocycles. The predicted octanol–water partition coefficient (Wildman–Crippen LogP) is 1.29. The average Bonchev–Trinajstić information content (AvgIpc) is 3.18. The molecule has 0 unspecified atom stereocenters. The van der Waals surface area contributed by atoms with E-state index in [1.807, 2.05) is 26.0 Å². The van der Waals surface area contributed by atoms with Crippen LogP contribution in [0.2, 0.25) is 0 Å². The largest absolute Gasteiger partial charge is 0.395 e. The zero-order valence-corrected chi connectivity index (χ0v) is 19.2. The van der Waals surface area contributed by atoms with Gasteiger partial charge in [0.2, 0.25) is 0 Å². The number of nitrogens with one attached hydrogen (secondary N) is 2. The second kappa shape index (κ2) is 9.76. The number of carbonyl (C=O) groups excluding carboxylic acids is 1. The Balaban J connectivity index is 1.37. The molecule has 1 amide bonds. The van der Waals surface area contributed by atoms with Gasteiger partial charge in [-0.3, -0.25) is 14.5 Å². The molecule has 3 N–H and O–H groups in total. The summed E-state index contributed by atoms with van der Waals surface area (Å²) in [7, 11) is 0. The van der Waals surface area contributed by atoms with Crippen molar-refractivity contribution in [2.75, 3.05) is 44.2 Å². The maximum Gasteiger partial charge on any atom is 0.270 e. The molecule has 0 bridgehead atoms. The van der Waals surface area contributed by atoms with Gasteiger partial charge in [0.25, 0.3) is 11.5 Å². The van der Waals surface area contributed by atoms with Gasteiger partial charge in [-0.15, -0.1) is 11.3 Å². The highest BCUT2D eigenvalue weighted by atomic mass is 32.1. The Kier molecular flexibility index (Phi) is 6.83. The van der Waals surface area contributed by atoms with E-state index in [9.17, 15) is 9.59 Å². The van der Waals surface area contributed by atoms with E-state index in [4.69, 9.17) is 5.11 Å². The highest BCUT2D eigenvalue weighted by molar-refractivity contribution is 7.18. The van der Waals surface area contributed by atoms with E-state index in [1.165, 1.54) is 4.88 Å². The number of fused-ring (bicyclic) bond motifs is 1. The number of aromatic nitrogens is 3. The number of aryl methyl sites for hydroxylation is 2. The summed E-state index contributed by atoms with van der Waals surface area (Å²) in [6.45, 7) is 8.38. The standard InChI is InChI=1S/C22H28N6O3S/c1-3-16-21(31)25-18-12-15(32-22(18)26-16)13-27-7-9-28(10-8-27)19-5-4-17(24-14(19)2)20(30)23-6-11-29/h4-5,12,29H,3,6-11,13H2,1-2H3,(H,23,30)(H,25,31). The van der Waals surface area contributed by atoms with Crippen molar-refractivity contribution in [3.8, 4) is 0 Å². The number of hydrogen-bond donors (Lipinski definition) is 3. The second-order valence-corrected chi connectivity index (χ2v) is 8.96. The first kappa shape index (κ1) is 22.4.